The van der Waals surface area contributed by atoms with Gasteiger partial charge in [-0.05, 0) is 37.8 Å². The van der Waals surface area contributed by atoms with Gasteiger partial charge in [-0.2, -0.15) is 17.5 Å². The van der Waals surface area contributed by atoms with Crippen molar-refractivity contribution in [1.29, 1.82) is 0 Å². The van der Waals surface area contributed by atoms with Crippen molar-refractivity contribution in [3.8, 4) is 0 Å². The lowest BCUT2D eigenvalue weighted by atomic mass is 10.0. The number of rotatable bonds is 4. The van der Waals surface area contributed by atoms with Gasteiger partial charge >= 0.3 is 6.18 Å². The fraction of sp³-hybridized carbons (Fsp3) is 0.600. The predicted molar refractivity (Wildman–Crippen MR) is 88.3 cm³/mol. The zero-order valence-corrected chi connectivity index (χ0v) is 15.5. The van der Waals surface area contributed by atoms with Gasteiger partial charge < -0.3 is 0 Å². The van der Waals surface area contributed by atoms with Gasteiger partial charge in [0.1, 0.15) is 0 Å². The minimum Gasteiger partial charge on any atom is -0.212 e. The summed E-state index contributed by atoms with van der Waals surface area (Å²) in [7, 11) is -7.78. The predicted octanol–water partition coefficient (Wildman–Crippen LogP) is 1.94. The molecule has 0 radical (unpaired) electrons. The molecule has 2 fully saturated rings. The minimum absolute atomic E-state index is 0.247. The molecule has 26 heavy (non-hydrogen) atoms. The Balaban J connectivity index is 1.83. The maximum atomic E-state index is 13.1. The van der Waals surface area contributed by atoms with Crippen molar-refractivity contribution in [3.05, 3.63) is 29.8 Å². The number of alkyl halides is 3. The highest BCUT2D eigenvalue weighted by Gasteiger charge is 2.46. The third-order valence-electron chi connectivity index (χ3n) is 4.85. The summed E-state index contributed by atoms with van der Waals surface area (Å²) < 4.78 is 91.9. The standard InChI is InChI=1S/C15H19F3N2O4S2/c1-25(21,22)20-11-6-7-12(20)9-10(8-11)19-26(23,24)14-5-3-2-4-13(14)15(16,17)18/h2-5,10-12,19H,6-9H2,1H3. The molecule has 0 saturated carbocycles. The number of sulfonamides is 2. The van der Waals surface area contributed by atoms with Gasteiger partial charge in [0.15, 0.2) is 0 Å². The smallest absolute Gasteiger partial charge is 0.212 e. The van der Waals surface area contributed by atoms with E-state index in [1.807, 2.05) is 0 Å². The Hall–Kier alpha value is -1.17. The zero-order valence-electron chi connectivity index (χ0n) is 13.9. The molecule has 6 nitrogen and oxygen atoms in total. The molecule has 3 rings (SSSR count). The molecule has 2 saturated heterocycles. The lowest BCUT2D eigenvalue weighted by molar-refractivity contribution is -0.139. The van der Waals surface area contributed by atoms with Crippen LogP contribution in [-0.2, 0) is 26.2 Å². The zero-order chi connectivity index (χ0) is 19.3. The van der Waals surface area contributed by atoms with Crippen LogP contribution in [0.3, 0.4) is 0 Å². The van der Waals surface area contributed by atoms with Crippen molar-refractivity contribution >= 4 is 20.0 Å². The van der Waals surface area contributed by atoms with Crippen molar-refractivity contribution in [3.63, 3.8) is 0 Å². The highest BCUT2D eigenvalue weighted by Crippen LogP contribution is 2.39. The van der Waals surface area contributed by atoms with Crippen LogP contribution in [0.15, 0.2) is 29.2 Å². The van der Waals surface area contributed by atoms with E-state index in [4.69, 9.17) is 0 Å². The molecule has 2 unspecified atom stereocenters. The Morgan fingerprint density at radius 1 is 1.04 bits per heavy atom. The van der Waals surface area contributed by atoms with E-state index in [9.17, 15) is 30.0 Å². The van der Waals surface area contributed by atoms with Crippen LogP contribution in [0.4, 0.5) is 13.2 Å². The molecule has 2 bridgehead atoms. The average Bonchev–Trinajstić information content (AvgIpc) is 2.79. The quantitative estimate of drug-likeness (QED) is 0.819. The van der Waals surface area contributed by atoms with Gasteiger partial charge in [0.05, 0.1) is 16.7 Å². The summed E-state index contributed by atoms with van der Waals surface area (Å²) in [5, 5.41) is 0. The maximum absolute atomic E-state index is 13.1. The Bertz CT molecular complexity index is 886. The van der Waals surface area contributed by atoms with Crippen LogP contribution in [0, 0.1) is 0 Å². The van der Waals surface area contributed by atoms with Crippen molar-refractivity contribution in [1.82, 2.24) is 9.03 Å². The van der Waals surface area contributed by atoms with Crippen LogP contribution in [-0.4, -0.2) is 45.5 Å². The molecule has 0 aliphatic carbocycles. The molecule has 1 N–H and O–H groups in total. The second kappa shape index (κ2) is 6.47. The monoisotopic (exact) mass is 412 g/mol. The molecular formula is C15H19F3N2O4S2. The first kappa shape index (κ1) is 19.6. The molecule has 0 aromatic heterocycles. The van der Waals surface area contributed by atoms with E-state index in [0.717, 1.165) is 24.5 Å². The number of piperidine rings is 1. The van der Waals surface area contributed by atoms with Gasteiger partial charge in [-0.3, -0.25) is 0 Å². The maximum Gasteiger partial charge on any atom is 0.417 e. The summed E-state index contributed by atoms with van der Waals surface area (Å²) in [5.41, 5.74) is -1.22. The molecule has 146 valence electrons. The SMILES string of the molecule is CS(=O)(=O)N1C2CCC1CC(NS(=O)(=O)c1ccccc1C(F)(F)F)C2. The highest BCUT2D eigenvalue weighted by atomic mass is 32.2. The number of benzene rings is 1. The number of nitrogens with zero attached hydrogens (tertiary/aromatic N) is 1. The first-order valence-corrected chi connectivity index (χ1v) is 11.4. The molecule has 2 atom stereocenters. The van der Waals surface area contributed by atoms with E-state index < -0.39 is 42.7 Å². The van der Waals surface area contributed by atoms with Crippen LogP contribution in [0.1, 0.15) is 31.2 Å². The summed E-state index contributed by atoms with van der Waals surface area (Å²) in [4.78, 5) is -0.814. The van der Waals surface area contributed by atoms with E-state index >= 15 is 0 Å². The summed E-state index contributed by atoms with van der Waals surface area (Å²) >= 11 is 0. The lowest BCUT2D eigenvalue weighted by Crippen LogP contribution is -2.52. The summed E-state index contributed by atoms with van der Waals surface area (Å²) in [6, 6.07) is 2.77. The first-order valence-electron chi connectivity index (χ1n) is 8.06. The third kappa shape index (κ3) is 3.75. The van der Waals surface area contributed by atoms with Crippen LogP contribution < -0.4 is 4.72 Å². The minimum atomic E-state index is -4.79. The molecular weight excluding hydrogens is 393 g/mol. The van der Waals surface area contributed by atoms with Gasteiger partial charge in [-0.25, -0.2) is 21.6 Å². The van der Waals surface area contributed by atoms with Crippen LogP contribution in [0.5, 0.6) is 0 Å². The molecule has 1 aromatic carbocycles. The Morgan fingerprint density at radius 3 is 2.08 bits per heavy atom. The summed E-state index contributed by atoms with van der Waals surface area (Å²) in [6.07, 6.45) is -1.94. The highest BCUT2D eigenvalue weighted by molar-refractivity contribution is 7.89. The van der Waals surface area contributed by atoms with Gasteiger partial charge in [-0.15, -0.1) is 0 Å². The topological polar surface area (TPSA) is 83.6 Å². The molecule has 2 aliphatic rings. The molecule has 2 aliphatic heterocycles. The second-order valence-corrected chi connectivity index (χ2v) is 10.3. The van der Waals surface area contributed by atoms with E-state index in [1.54, 1.807) is 0 Å². The van der Waals surface area contributed by atoms with Crippen molar-refractivity contribution in [2.45, 2.75) is 54.9 Å². The van der Waals surface area contributed by atoms with Gasteiger partial charge in [-0.1, -0.05) is 12.1 Å². The molecule has 1 aromatic rings. The Morgan fingerprint density at radius 2 is 1.58 bits per heavy atom. The number of fused-ring (bicyclic) bond motifs is 2. The summed E-state index contributed by atoms with van der Waals surface area (Å²) in [5.74, 6) is 0. The van der Waals surface area contributed by atoms with Gasteiger partial charge in [0, 0.05) is 18.1 Å². The van der Waals surface area contributed by atoms with Crippen molar-refractivity contribution in [2.75, 3.05) is 6.26 Å². The van der Waals surface area contributed by atoms with Gasteiger partial charge in [0.25, 0.3) is 0 Å². The van der Waals surface area contributed by atoms with Crippen LogP contribution in [0.2, 0.25) is 0 Å². The van der Waals surface area contributed by atoms with Crippen LogP contribution >= 0.6 is 0 Å². The second-order valence-electron chi connectivity index (χ2n) is 6.76. The van der Waals surface area contributed by atoms with Crippen LogP contribution in [0.25, 0.3) is 0 Å². The fourth-order valence-corrected chi connectivity index (χ4v) is 6.95. The normalized spacial score (nSPS) is 27.6. The molecule has 0 spiro atoms. The van der Waals surface area contributed by atoms with E-state index in [2.05, 4.69) is 4.72 Å². The number of hydrogen-bond donors (Lipinski definition) is 1. The third-order valence-corrected chi connectivity index (χ3v) is 7.79. The van der Waals surface area contributed by atoms with Gasteiger partial charge in [0.2, 0.25) is 20.0 Å². The number of hydrogen-bond acceptors (Lipinski definition) is 4. The Labute approximate surface area is 150 Å². The first-order chi connectivity index (χ1) is 11.9. The van der Waals surface area contributed by atoms with Crippen molar-refractivity contribution in [2.24, 2.45) is 0 Å². The van der Waals surface area contributed by atoms with E-state index in [-0.39, 0.29) is 24.9 Å². The molecule has 11 heteroatoms. The molecule has 2 heterocycles. The molecule has 0 amide bonds. The average molecular weight is 412 g/mol. The summed E-state index contributed by atoms with van der Waals surface area (Å²) in [6.45, 7) is 0. The lowest BCUT2D eigenvalue weighted by Gasteiger charge is -2.37. The number of halogens is 3. The fourth-order valence-electron chi connectivity index (χ4n) is 3.99. The Kier molecular flexibility index (Phi) is 4.87. The largest absolute Gasteiger partial charge is 0.417 e. The van der Waals surface area contributed by atoms with E-state index in [1.165, 1.54) is 10.4 Å². The van der Waals surface area contributed by atoms with E-state index in [0.29, 0.717) is 12.8 Å². The van der Waals surface area contributed by atoms with Crippen molar-refractivity contribution < 1.29 is 30.0 Å². The number of nitrogens with one attached hydrogen (secondary N) is 1.